The summed E-state index contributed by atoms with van der Waals surface area (Å²) in [5.41, 5.74) is -1.56. The Kier molecular flexibility index (Phi) is 6.76. The lowest BCUT2D eigenvalue weighted by molar-refractivity contribution is -0.205. The first-order valence-electron chi connectivity index (χ1n) is 13.5. The molecule has 206 valence electrons. The number of hydrogen-bond donors (Lipinski definition) is 3. The van der Waals surface area contributed by atoms with Crippen LogP contribution in [0, 0.1) is 45.2 Å². The molecule has 0 spiro atoms. The molecule has 0 saturated heterocycles. The fourth-order valence-electron chi connectivity index (χ4n) is 8.14. The van der Waals surface area contributed by atoms with E-state index in [1.807, 2.05) is 20.8 Å². The summed E-state index contributed by atoms with van der Waals surface area (Å²) in [5, 5.41) is 29.6. The topological polar surface area (TPSA) is 126 Å². The van der Waals surface area contributed by atoms with Gasteiger partial charge < -0.3 is 29.7 Å². The van der Waals surface area contributed by atoms with Crippen LogP contribution < -0.4 is 10.2 Å². The summed E-state index contributed by atoms with van der Waals surface area (Å²) in [6.45, 7) is 7.44. The van der Waals surface area contributed by atoms with Gasteiger partial charge in [-0.15, -0.1) is 0 Å². The maximum absolute atomic E-state index is 14.9. The molecule has 38 heavy (non-hydrogen) atoms. The summed E-state index contributed by atoms with van der Waals surface area (Å²) >= 11 is 0. The molecule has 1 aromatic carbocycles. The second kappa shape index (κ2) is 9.42. The average molecular weight is 529 g/mol. The van der Waals surface area contributed by atoms with Crippen LogP contribution in [0.25, 0.3) is 0 Å². The van der Waals surface area contributed by atoms with Gasteiger partial charge >= 0.3 is 13.1 Å². The van der Waals surface area contributed by atoms with Crippen molar-refractivity contribution >= 4 is 30.5 Å². The lowest BCUT2D eigenvalue weighted by Crippen LogP contribution is -2.63. The molecule has 2 bridgehead atoms. The number of aliphatic hydroxyl groups excluding tert-OH is 1. The number of Topliss-reactive ketones (excluding diaryl/α,β-unsaturated/α-hetero) is 1. The van der Waals surface area contributed by atoms with Crippen LogP contribution in [0.3, 0.4) is 0 Å². The SMILES string of the molecule is C[C@@H]1CC[C@@]23CCC(=O)[C@H]2[C@]1(C)[C@H](OC(=O)COc1ccc2c(c1F)B(O)OC2)C[C@@](C)(C=N)[C@@H](O)[C@@H]3C. The van der Waals surface area contributed by atoms with Gasteiger partial charge in [-0.25, -0.2) is 9.18 Å². The molecule has 3 saturated carbocycles. The smallest absolute Gasteiger partial charge is 0.479 e. The van der Waals surface area contributed by atoms with Gasteiger partial charge in [0.1, 0.15) is 11.9 Å². The second-order valence-electron chi connectivity index (χ2n) is 12.4. The number of aliphatic hydroxyl groups is 1. The predicted octanol–water partition coefficient (Wildman–Crippen LogP) is 2.79. The fourth-order valence-corrected chi connectivity index (χ4v) is 8.14. The third-order valence-electron chi connectivity index (χ3n) is 10.7. The van der Waals surface area contributed by atoms with E-state index in [-0.39, 0.29) is 47.8 Å². The van der Waals surface area contributed by atoms with Crippen molar-refractivity contribution in [2.45, 2.75) is 78.6 Å². The van der Waals surface area contributed by atoms with E-state index in [2.05, 4.69) is 6.92 Å². The molecule has 8 atom stereocenters. The number of hydrogen-bond acceptors (Lipinski definition) is 8. The molecular weight excluding hydrogens is 492 g/mol. The highest BCUT2D eigenvalue weighted by molar-refractivity contribution is 6.61. The van der Waals surface area contributed by atoms with Crippen LogP contribution in [0.2, 0.25) is 0 Å². The summed E-state index contributed by atoms with van der Waals surface area (Å²) in [7, 11) is -1.39. The fraction of sp³-hybridized carbons (Fsp3) is 0.679. The van der Waals surface area contributed by atoms with E-state index in [0.717, 1.165) is 12.8 Å². The molecule has 4 aliphatic rings. The largest absolute Gasteiger partial charge is 0.494 e. The summed E-state index contributed by atoms with van der Waals surface area (Å²) in [6, 6.07) is 2.97. The van der Waals surface area contributed by atoms with E-state index < -0.39 is 54.0 Å². The molecule has 1 aliphatic heterocycles. The van der Waals surface area contributed by atoms with Gasteiger partial charge in [-0.05, 0) is 54.6 Å². The molecule has 3 N–H and O–H groups in total. The first-order valence-corrected chi connectivity index (χ1v) is 13.5. The molecule has 1 aromatic rings. The Morgan fingerprint density at radius 3 is 2.76 bits per heavy atom. The van der Waals surface area contributed by atoms with Crippen molar-refractivity contribution in [3.8, 4) is 5.75 Å². The van der Waals surface area contributed by atoms with Crippen LogP contribution in [-0.2, 0) is 25.6 Å². The van der Waals surface area contributed by atoms with E-state index in [9.17, 15) is 24.1 Å². The highest BCUT2D eigenvalue weighted by atomic mass is 19.1. The Bertz CT molecular complexity index is 1160. The molecule has 0 unspecified atom stereocenters. The average Bonchev–Trinajstić information content (AvgIpc) is 3.45. The van der Waals surface area contributed by atoms with E-state index in [1.54, 1.807) is 6.07 Å². The minimum absolute atomic E-state index is 0.000342. The number of benzene rings is 1. The monoisotopic (exact) mass is 529 g/mol. The summed E-state index contributed by atoms with van der Waals surface area (Å²) in [6.07, 6.45) is 2.57. The molecule has 0 radical (unpaired) electrons. The van der Waals surface area contributed by atoms with Crippen LogP contribution in [0.15, 0.2) is 12.1 Å². The van der Waals surface area contributed by atoms with Gasteiger partial charge in [-0.3, -0.25) is 4.79 Å². The number of fused-ring (bicyclic) bond motifs is 1. The molecule has 0 aromatic heterocycles. The highest BCUT2D eigenvalue weighted by Crippen LogP contribution is 2.67. The molecule has 10 heteroatoms. The lowest BCUT2D eigenvalue weighted by atomic mass is 9.44. The third kappa shape index (κ3) is 3.85. The maximum atomic E-state index is 14.9. The number of ether oxygens (including phenoxy) is 2. The number of ketones is 1. The minimum Gasteiger partial charge on any atom is -0.479 e. The normalized spacial score (nSPS) is 40.1. The Balaban J connectivity index is 1.44. The van der Waals surface area contributed by atoms with Gasteiger partial charge in [0.15, 0.2) is 18.2 Å². The highest BCUT2D eigenvalue weighted by Gasteiger charge is 2.68. The van der Waals surface area contributed by atoms with Crippen molar-refractivity contribution in [1.29, 1.82) is 5.41 Å². The van der Waals surface area contributed by atoms with Gasteiger partial charge in [0.25, 0.3) is 0 Å². The van der Waals surface area contributed by atoms with Crippen LogP contribution in [0.1, 0.15) is 65.4 Å². The minimum atomic E-state index is -1.39. The first-order chi connectivity index (χ1) is 17.9. The van der Waals surface area contributed by atoms with Crippen LogP contribution in [0.4, 0.5) is 4.39 Å². The van der Waals surface area contributed by atoms with Crippen LogP contribution in [0.5, 0.6) is 5.75 Å². The molecule has 5 rings (SSSR count). The zero-order valence-electron chi connectivity index (χ0n) is 22.5. The Morgan fingerprint density at radius 2 is 2.05 bits per heavy atom. The first kappa shape index (κ1) is 27.3. The lowest BCUT2D eigenvalue weighted by Gasteiger charge is -2.61. The maximum Gasteiger partial charge on any atom is 0.494 e. The van der Waals surface area contributed by atoms with Crippen molar-refractivity contribution in [2.24, 2.45) is 34.0 Å². The standard InChI is InChI=1S/C28H37BFNO7/c1-15-7-9-28-10-8-18(32)24(28)27(15,4)20(11-26(3,14-31)25(34)16(28)2)38-21(33)13-36-19-6-5-17-12-37-29(35)22(17)23(19)30/h5-6,14-16,20,24-25,31,34-35H,7-13H2,1-4H3/t15-,16+,20-,24+,25+,26+,27+,28+/m1/s1. The van der Waals surface area contributed by atoms with Crippen molar-refractivity contribution in [3.63, 3.8) is 0 Å². The summed E-state index contributed by atoms with van der Waals surface area (Å²) < 4.78 is 31.5. The van der Waals surface area contributed by atoms with E-state index in [1.165, 1.54) is 12.3 Å². The van der Waals surface area contributed by atoms with Gasteiger partial charge in [0.05, 0.1) is 12.7 Å². The van der Waals surface area contributed by atoms with Gasteiger partial charge in [-0.1, -0.05) is 33.8 Å². The van der Waals surface area contributed by atoms with Crippen molar-refractivity contribution in [1.82, 2.24) is 0 Å². The predicted molar refractivity (Wildman–Crippen MR) is 138 cm³/mol. The Labute approximate surface area is 222 Å². The Morgan fingerprint density at radius 1 is 1.32 bits per heavy atom. The Hall–Kier alpha value is -2.30. The van der Waals surface area contributed by atoms with E-state index in [0.29, 0.717) is 18.4 Å². The van der Waals surface area contributed by atoms with Gasteiger partial charge in [0, 0.05) is 34.8 Å². The molecule has 3 fully saturated rings. The number of rotatable bonds is 5. The number of carbonyl (C=O) groups is 2. The second-order valence-corrected chi connectivity index (χ2v) is 12.4. The van der Waals surface area contributed by atoms with Crippen molar-refractivity contribution in [3.05, 3.63) is 23.5 Å². The molecule has 3 aliphatic carbocycles. The zero-order valence-corrected chi connectivity index (χ0v) is 22.5. The molecule has 1 heterocycles. The third-order valence-corrected chi connectivity index (χ3v) is 10.7. The number of halogens is 1. The molecule has 0 amide bonds. The van der Waals surface area contributed by atoms with Crippen LogP contribution in [-0.4, -0.2) is 54.0 Å². The zero-order chi connectivity index (χ0) is 27.6. The summed E-state index contributed by atoms with van der Waals surface area (Å²) in [5.74, 6) is -2.05. The van der Waals surface area contributed by atoms with E-state index in [4.69, 9.17) is 19.5 Å². The number of esters is 1. The van der Waals surface area contributed by atoms with E-state index >= 15 is 0 Å². The van der Waals surface area contributed by atoms with Gasteiger partial charge in [0.2, 0.25) is 0 Å². The number of carbonyl (C=O) groups excluding carboxylic acids is 2. The quantitative estimate of drug-likeness (QED) is 0.304. The molecule has 8 nitrogen and oxygen atoms in total. The van der Waals surface area contributed by atoms with Crippen molar-refractivity contribution in [2.75, 3.05) is 6.61 Å². The van der Waals surface area contributed by atoms with Gasteiger partial charge in [-0.2, -0.15) is 0 Å². The number of nitrogens with one attached hydrogen (secondary N) is 1. The van der Waals surface area contributed by atoms with Crippen molar-refractivity contribution < 1.29 is 38.2 Å². The summed E-state index contributed by atoms with van der Waals surface area (Å²) in [4.78, 5) is 26.6. The molecular formula is C28H37BFNO7. The van der Waals surface area contributed by atoms with Crippen LogP contribution >= 0.6 is 0 Å².